The van der Waals surface area contributed by atoms with Gasteiger partial charge in [-0.1, -0.05) is 11.6 Å². The SMILES string of the molecule is Fc1cc(Cl)c(OC2CCCC2)cc1Br. The van der Waals surface area contributed by atoms with Crippen molar-refractivity contribution in [1.82, 2.24) is 0 Å². The summed E-state index contributed by atoms with van der Waals surface area (Å²) in [6.07, 6.45) is 4.76. The summed E-state index contributed by atoms with van der Waals surface area (Å²) in [5.41, 5.74) is 0. The van der Waals surface area contributed by atoms with Gasteiger partial charge in [-0.2, -0.15) is 0 Å². The van der Waals surface area contributed by atoms with Crippen LogP contribution >= 0.6 is 27.5 Å². The van der Waals surface area contributed by atoms with Crippen molar-refractivity contribution in [3.8, 4) is 5.75 Å². The lowest BCUT2D eigenvalue weighted by atomic mass is 10.3. The summed E-state index contributed by atoms with van der Waals surface area (Å²) in [6, 6.07) is 2.87. The topological polar surface area (TPSA) is 9.23 Å². The summed E-state index contributed by atoms with van der Waals surface area (Å²) in [5, 5.41) is 0.336. The molecular formula is C11H11BrClFO. The second-order valence-electron chi connectivity index (χ2n) is 3.72. The molecule has 1 nitrogen and oxygen atoms in total. The van der Waals surface area contributed by atoms with Gasteiger partial charge >= 0.3 is 0 Å². The smallest absolute Gasteiger partial charge is 0.139 e. The first-order valence-electron chi connectivity index (χ1n) is 4.98. The lowest BCUT2D eigenvalue weighted by Crippen LogP contribution is -2.11. The van der Waals surface area contributed by atoms with Crippen LogP contribution in [0.2, 0.25) is 5.02 Å². The third-order valence-electron chi connectivity index (χ3n) is 2.57. The predicted octanol–water partition coefficient (Wildman–Crippen LogP) is 4.56. The largest absolute Gasteiger partial charge is 0.489 e. The average Bonchev–Trinajstić information content (AvgIpc) is 2.67. The Hall–Kier alpha value is -0.280. The van der Waals surface area contributed by atoms with Gasteiger partial charge in [-0.05, 0) is 53.7 Å². The van der Waals surface area contributed by atoms with Crippen LogP contribution in [-0.4, -0.2) is 6.10 Å². The number of hydrogen-bond donors (Lipinski definition) is 0. The van der Waals surface area contributed by atoms with E-state index in [0.29, 0.717) is 15.2 Å². The first-order chi connectivity index (χ1) is 7.16. The van der Waals surface area contributed by atoms with Gasteiger partial charge in [0.15, 0.2) is 0 Å². The van der Waals surface area contributed by atoms with E-state index in [0.717, 1.165) is 12.8 Å². The first-order valence-corrected chi connectivity index (χ1v) is 6.15. The monoisotopic (exact) mass is 292 g/mol. The summed E-state index contributed by atoms with van der Waals surface area (Å²) in [5.74, 6) is 0.204. The minimum absolute atomic E-state index is 0.236. The van der Waals surface area contributed by atoms with Gasteiger partial charge in [-0.15, -0.1) is 0 Å². The fourth-order valence-electron chi connectivity index (χ4n) is 1.78. The molecule has 0 heterocycles. The number of rotatable bonds is 2. The molecule has 82 valence electrons. The highest BCUT2D eigenvalue weighted by atomic mass is 79.9. The van der Waals surface area contributed by atoms with Crippen molar-refractivity contribution in [2.75, 3.05) is 0 Å². The highest BCUT2D eigenvalue weighted by Crippen LogP contribution is 2.33. The van der Waals surface area contributed by atoms with Crippen LogP contribution in [0.5, 0.6) is 5.75 Å². The lowest BCUT2D eigenvalue weighted by molar-refractivity contribution is 0.210. The molecule has 0 radical (unpaired) electrons. The van der Waals surface area contributed by atoms with Gasteiger partial charge in [0.05, 0.1) is 15.6 Å². The van der Waals surface area contributed by atoms with Crippen LogP contribution < -0.4 is 4.74 Å². The van der Waals surface area contributed by atoms with Gasteiger partial charge < -0.3 is 4.74 Å². The molecule has 4 heteroatoms. The van der Waals surface area contributed by atoms with Gasteiger partial charge in [0.25, 0.3) is 0 Å². The summed E-state index contributed by atoms with van der Waals surface area (Å²) in [6.45, 7) is 0. The van der Waals surface area contributed by atoms with Crippen molar-refractivity contribution < 1.29 is 9.13 Å². The summed E-state index contributed by atoms with van der Waals surface area (Å²) in [4.78, 5) is 0. The molecule has 1 fully saturated rings. The van der Waals surface area contributed by atoms with Gasteiger partial charge in [0, 0.05) is 0 Å². The molecule has 0 amide bonds. The maximum Gasteiger partial charge on any atom is 0.139 e. The zero-order chi connectivity index (χ0) is 10.8. The van der Waals surface area contributed by atoms with Crippen LogP contribution in [0.1, 0.15) is 25.7 Å². The van der Waals surface area contributed by atoms with Crippen molar-refractivity contribution >= 4 is 27.5 Å². The Morgan fingerprint density at radius 1 is 1.33 bits per heavy atom. The fourth-order valence-corrected chi connectivity index (χ4v) is 2.30. The van der Waals surface area contributed by atoms with Crippen molar-refractivity contribution in [3.63, 3.8) is 0 Å². The summed E-state index contributed by atoms with van der Waals surface area (Å²) < 4.78 is 19.2. The maximum absolute atomic E-state index is 13.1. The van der Waals surface area contributed by atoms with E-state index in [4.69, 9.17) is 16.3 Å². The van der Waals surface area contributed by atoms with Crippen LogP contribution in [0.15, 0.2) is 16.6 Å². The number of ether oxygens (including phenoxy) is 1. The molecule has 1 aliphatic rings. The molecule has 0 saturated heterocycles. The molecule has 0 N–H and O–H groups in total. The van der Waals surface area contributed by atoms with E-state index in [1.54, 1.807) is 6.07 Å². The van der Waals surface area contributed by atoms with Crippen LogP contribution in [0.3, 0.4) is 0 Å². The standard InChI is InChI=1S/C11H11BrClFO/c12-8-5-11(9(13)6-10(8)14)15-7-3-1-2-4-7/h5-7H,1-4H2. The van der Waals surface area contributed by atoms with Crippen molar-refractivity contribution in [2.45, 2.75) is 31.8 Å². The van der Waals surface area contributed by atoms with E-state index in [-0.39, 0.29) is 11.9 Å². The molecule has 0 atom stereocenters. The van der Waals surface area contributed by atoms with E-state index in [2.05, 4.69) is 15.9 Å². The molecule has 1 aromatic carbocycles. The van der Waals surface area contributed by atoms with Crippen molar-refractivity contribution in [1.29, 1.82) is 0 Å². The lowest BCUT2D eigenvalue weighted by Gasteiger charge is -2.14. The molecular weight excluding hydrogens is 282 g/mol. The fraction of sp³-hybridized carbons (Fsp3) is 0.455. The van der Waals surface area contributed by atoms with Crippen molar-refractivity contribution in [2.24, 2.45) is 0 Å². The van der Waals surface area contributed by atoms with Crippen LogP contribution in [0.25, 0.3) is 0 Å². The quantitative estimate of drug-likeness (QED) is 0.726. The highest BCUT2D eigenvalue weighted by Gasteiger charge is 2.18. The van der Waals surface area contributed by atoms with Crippen molar-refractivity contribution in [3.05, 3.63) is 27.4 Å². The van der Waals surface area contributed by atoms with Crippen LogP contribution in [0.4, 0.5) is 4.39 Å². The number of hydrogen-bond acceptors (Lipinski definition) is 1. The molecule has 1 aromatic rings. The molecule has 15 heavy (non-hydrogen) atoms. The second kappa shape index (κ2) is 4.71. The third kappa shape index (κ3) is 2.64. The maximum atomic E-state index is 13.1. The van der Waals surface area contributed by atoms with E-state index in [9.17, 15) is 4.39 Å². The number of halogens is 3. The van der Waals surface area contributed by atoms with Gasteiger partial charge in [-0.25, -0.2) is 4.39 Å². The Balaban J connectivity index is 2.16. The van der Waals surface area contributed by atoms with E-state index >= 15 is 0 Å². The van der Waals surface area contributed by atoms with E-state index in [1.165, 1.54) is 18.9 Å². The number of benzene rings is 1. The predicted molar refractivity (Wildman–Crippen MR) is 62.0 cm³/mol. The highest BCUT2D eigenvalue weighted by molar-refractivity contribution is 9.10. The normalized spacial score (nSPS) is 17.0. The van der Waals surface area contributed by atoms with Crippen LogP contribution in [0, 0.1) is 5.82 Å². The Morgan fingerprint density at radius 3 is 2.67 bits per heavy atom. The summed E-state index contributed by atoms with van der Waals surface area (Å²) in [7, 11) is 0. The minimum Gasteiger partial charge on any atom is -0.489 e. The molecule has 0 aromatic heterocycles. The van der Waals surface area contributed by atoms with E-state index in [1.807, 2.05) is 0 Å². The minimum atomic E-state index is -0.362. The van der Waals surface area contributed by atoms with E-state index < -0.39 is 0 Å². The summed E-state index contributed by atoms with van der Waals surface area (Å²) >= 11 is 9.01. The zero-order valence-corrected chi connectivity index (χ0v) is 10.4. The second-order valence-corrected chi connectivity index (χ2v) is 4.98. The molecule has 0 spiro atoms. The molecule has 1 aliphatic carbocycles. The molecule has 2 rings (SSSR count). The molecule has 0 aliphatic heterocycles. The molecule has 1 saturated carbocycles. The molecule has 0 unspecified atom stereocenters. The average molecular weight is 294 g/mol. The Kier molecular flexibility index (Phi) is 3.52. The first kappa shape index (κ1) is 11.2. The third-order valence-corrected chi connectivity index (χ3v) is 3.47. The Bertz CT molecular complexity index is 364. The Labute approximate surface area is 102 Å². The Morgan fingerprint density at radius 2 is 2.00 bits per heavy atom. The zero-order valence-electron chi connectivity index (χ0n) is 8.10. The van der Waals surface area contributed by atoms with Gasteiger partial charge in [0.1, 0.15) is 11.6 Å². The molecule has 0 bridgehead atoms. The van der Waals surface area contributed by atoms with Crippen LogP contribution in [-0.2, 0) is 0 Å². The van der Waals surface area contributed by atoms with Gasteiger partial charge in [-0.3, -0.25) is 0 Å². The van der Waals surface area contributed by atoms with Gasteiger partial charge in [0.2, 0.25) is 0 Å².